The minimum Gasteiger partial charge on any atom is -0.383 e. The highest BCUT2D eigenvalue weighted by atomic mass is 32.2. The predicted molar refractivity (Wildman–Crippen MR) is 135 cm³/mol. The molecule has 0 bridgehead atoms. The predicted octanol–water partition coefficient (Wildman–Crippen LogP) is 1.93. The van der Waals surface area contributed by atoms with Gasteiger partial charge in [-0.15, -0.1) is 0 Å². The molecule has 1 aliphatic heterocycles. The summed E-state index contributed by atoms with van der Waals surface area (Å²) in [6.45, 7) is 6.02. The fourth-order valence-corrected chi connectivity index (χ4v) is 5.57. The average molecular weight is 484 g/mol. The molecule has 34 heavy (non-hydrogen) atoms. The molecule has 1 saturated carbocycles. The molecule has 0 amide bonds. The molecule has 0 atom stereocenters. The second-order valence-corrected chi connectivity index (χ2v) is 11.6. The van der Waals surface area contributed by atoms with Crippen molar-refractivity contribution in [1.29, 1.82) is 0 Å². The lowest BCUT2D eigenvalue weighted by Gasteiger charge is -2.41. The van der Waals surface area contributed by atoms with Gasteiger partial charge < -0.3 is 20.1 Å². The van der Waals surface area contributed by atoms with Crippen LogP contribution in [0.4, 0.5) is 5.82 Å². The van der Waals surface area contributed by atoms with Gasteiger partial charge in [-0.05, 0) is 43.0 Å². The highest BCUT2D eigenvalue weighted by Crippen LogP contribution is 2.43. The van der Waals surface area contributed by atoms with Crippen LogP contribution in [0.1, 0.15) is 24.4 Å². The van der Waals surface area contributed by atoms with E-state index in [2.05, 4.69) is 42.3 Å². The number of nitrogen functional groups attached to an aromatic ring is 1. The van der Waals surface area contributed by atoms with Gasteiger partial charge in [-0.25, -0.2) is 23.1 Å². The molecule has 2 fully saturated rings. The van der Waals surface area contributed by atoms with Crippen molar-refractivity contribution in [3.8, 4) is 11.1 Å². The summed E-state index contributed by atoms with van der Waals surface area (Å²) in [4.78, 5) is 13.8. The molecule has 1 saturated heterocycles. The molecule has 0 radical (unpaired) electrons. The van der Waals surface area contributed by atoms with Crippen molar-refractivity contribution in [3.63, 3.8) is 0 Å². The van der Waals surface area contributed by atoms with Gasteiger partial charge in [0, 0.05) is 57.1 Å². The van der Waals surface area contributed by atoms with Crippen LogP contribution in [0.5, 0.6) is 0 Å². The molecule has 5 rings (SSSR count). The average Bonchev–Trinajstić information content (AvgIpc) is 3.16. The summed E-state index contributed by atoms with van der Waals surface area (Å²) in [5.41, 5.74) is 10.0. The zero-order valence-corrected chi connectivity index (χ0v) is 20.6. The van der Waals surface area contributed by atoms with Crippen LogP contribution in [0.3, 0.4) is 0 Å². The van der Waals surface area contributed by atoms with Crippen molar-refractivity contribution in [2.45, 2.75) is 25.4 Å². The Bertz CT molecular complexity index is 1280. The number of nitrogens with two attached hydrogens (primary N) is 1. The van der Waals surface area contributed by atoms with Gasteiger partial charge in [-0.1, -0.05) is 18.2 Å². The molecular formula is C24H33N7O2S. The molecule has 1 aromatic carbocycles. The maximum Gasteiger partial charge on any atom is 0.209 e. The molecule has 182 valence electrons. The van der Waals surface area contributed by atoms with Crippen LogP contribution in [0.15, 0.2) is 36.8 Å². The zero-order chi connectivity index (χ0) is 23.9. The molecule has 3 heterocycles. The number of likely N-dealkylation sites (N-methyl/N-ethyl adjacent to an activating group) is 1. The van der Waals surface area contributed by atoms with E-state index in [4.69, 9.17) is 5.73 Å². The first-order chi connectivity index (χ1) is 16.3. The number of nitrogens with one attached hydrogen (secondary N) is 1. The first-order valence-electron chi connectivity index (χ1n) is 11.8. The normalized spacial score (nSPS) is 22.2. The minimum atomic E-state index is -3.26. The van der Waals surface area contributed by atoms with E-state index < -0.39 is 10.0 Å². The number of sulfonamides is 1. The smallest absolute Gasteiger partial charge is 0.209 e. The lowest BCUT2D eigenvalue weighted by molar-refractivity contribution is 0.0920. The summed E-state index contributed by atoms with van der Waals surface area (Å²) in [5.74, 6) is 1.17. The third kappa shape index (κ3) is 4.95. The highest BCUT2D eigenvalue weighted by Gasteiger charge is 2.34. The summed E-state index contributed by atoms with van der Waals surface area (Å²) in [5, 5.41) is 0.859. The molecule has 10 heteroatoms. The Morgan fingerprint density at radius 2 is 1.91 bits per heavy atom. The first kappa shape index (κ1) is 23.2. The Hall–Kier alpha value is -2.53. The van der Waals surface area contributed by atoms with E-state index in [0.29, 0.717) is 17.8 Å². The molecule has 2 aromatic heterocycles. The van der Waals surface area contributed by atoms with E-state index in [0.717, 1.165) is 73.0 Å². The summed E-state index contributed by atoms with van der Waals surface area (Å²) in [7, 11) is -1.07. The van der Waals surface area contributed by atoms with Crippen LogP contribution in [0, 0.1) is 5.92 Å². The number of piperazine rings is 1. The van der Waals surface area contributed by atoms with E-state index in [9.17, 15) is 8.42 Å². The van der Waals surface area contributed by atoms with Crippen LogP contribution >= 0.6 is 0 Å². The quantitative estimate of drug-likeness (QED) is 0.528. The Balaban J connectivity index is 1.37. The summed E-state index contributed by atoms with van der Waals surface area (Å²) in [6, 6.07) is 8.27. The second kappa shape index (κ2) is 9.26. The topological polar surface area (TPSA) is 109 Å². The van der Waals surface area contributed by atoms with Gasteiger partial charge in [0.15, 0.2) is 0 Å². The van der Waals surface area contributed by atoms with E-state index in [-0.39, 0.29) is 6.54 Å². The van der Waals surface area contributed by atoms with Crippen LogP contribution in [0.2, 0.25) is 0 Å². The number of benzene rings is 1. The summed E-state index contributed by atoms with van der Waals surface area (Å²) in [6.07, 6.45) is 7.12. The maximum atomic E-state index is 11.5. The molecule has 9 nitrogen and oxygen atoms in total. The molecule has 3 aromatic rings. The molecule has 1 aliphatic carbocycles. The van der Waals surface area contributed by atoms with Gasteiger partial charge in [0.25, 0.3) is 0 Å². The van der Waals surface area contributed by atoms with Crippen LogP contribution in [0.25, 0.3) is 22.2 Å². The van der Waals surface area contributed by atoms with Crippen molar-refractivity contribution >= 4 is 26.9 Å². The standard InChI is InChI=1S/C24H33N7O2S/c1-29-6-8-30(9-7-29)14-18-11-20(12-18)31-15-21(22-23(25)26-16-27-24(22)31)19-5-3-4-17(10-19)13-28-34(2,32)33/h3-5,10,15-16,18,20,28H,6-9,11-14H2,1-2H3,(H2,25,26,27). The molecule has 0 spiro atoms. The molecule has 0 unspecified atom stereocenters. The van der Waals surface area contributed by atoms with E-state index in [1.54, 1.807) is 0 Å². The molecular weight excluding hydrogens is 450 g/mol. The SMILES string of the molecule is CN1CCN(CC2CC(n3cc(-c4cccc(CNS(C)(=O)=O)c4)c4c(N)ncnc43)C2)CC1. The molecule has 2 aliphatic rings. The number of aromatic nitrogens is 3. The van der Waals surface area contributed by atoms with Gasteiger partial charge >= 0.3 is 0 Å². The number of nitrogens with zero attached hydrogens (tertiary/aromatic N) is 5. The third-order valence-electron chi connectivity index (χ3n) is 7.13. The number of rotatable bonds is 7. The van der Waals surface area contributed by atoms with E-state index in [1.165, 1.54) is 12.9 Å². The first-order valence-corrected chi connectivity index (χ1v) is 13.7. The van der Waals surface area contributed by atoms with Gasteiger partial charge in [-0.3, -0.25) is 0 Å². The zero-order valence-electron chi connectivity index (χ0n) is 19.8. The lowest BCUT2D eigenvalue weighted by Crippen LogP contribution is -2.47. The van der Waals surface area contributed by atoms with Crippen molar-refractivity contribution in [2.24, 2.45) is 5.92 Å². The van der Waals surface area contributed by atoms with Crippen molar-refractivity contribution in [2.75, 3.05) is 51.8 Å². The fourth-order valence-electron chi connectivity index (χ4n) is 5.14. The minimum absolute atomic E-state index is 0.244. The van der Waals surface area contributed by atoms with Crippen LogP contribution in [-0.4, -0.2) is 78.8 Å². The summed E-state index contributed by atoms with van der Waals surface area (Å²) < 4.78 is 27.8. The number of anilines is 1. The highest BCUT2D eigenvalue weighted by molar-refractivity contribution is 7.88. The number of hydrogen-bond donors (Lipinski definition) is 2. The van der Waals surface area contributed by atoms with Crippen LogP contribution in [-0.2, 0) is 16.6 Å². The maximum absolute atomic E-state index is 11.5. The Morgan fingerprint density at radius 3 is 2.65 bits per heavy atom. The van der Waals surface area contributed by atoms with Crippen molar-refractivity contribution < 1.29 is 8.42 Å². The van der Waals surface area contributed by atoms with Gasteiger partial charge in [-0.2, -0.15) is 0 Å². The fraction of sp³-hybridized carbons (Fsp3) is 0.500. The van der Waals surface area contributed by atoms with E-state index in [1.807, 2.05) is 24.3 Å². The molecule has 3 N–H and O–H groups in total. The Kier molecular flexibility index (Phi) is 6.32. The van der Waals surface area contributed by atoms with Crippen molar-refractivity contribution in [3.05, 3.63) is 42.4 Å². The van der Waals surface area contributed by atoms with Gasteiger partial charge in [0.05, 0.1) is 11.6 Å². The van der Waals surface area contributed by atoms with Gasteiger partial charge in [0.1, 0.15) is 17.8 Å². The van der Waals surface area contributed by atoms with Gasteiger partial charge in [0.2, 0.25) is 10.0 Å². The summed E-state index contributed by atoms with van der Waals surface area (Å²) >= 11 is 0. The lowest BCUT2D eigenvalue weighted by atomic mass is 9.79. The van der Waals surface area contributed by atoms with Crippen LogP contribution < -0.4 is 10.5 Å². The monoisotopic (exact) mass is 483 g/mol. The number of fused-ring (bicyclic) bond motifs is 1. The number of hydrogen-bond acceptors (Lipinski definition) is 7. The Morgan fingerprint density at radius 1 is 1.15 bits per heavy atom. The largest absolute Gasteiger partial charge is 0.383 e. The second-order valence-electron chi connectivity index (χ2n) is 9.80. The third-order valence-corrected chi connectivity index (χ3v) is 7.80. The van der Waals surface area contributed by atoms with Crippen molar-refractivity contribution in [1.82, 2.24) is 29.1 Å². The Labute approximate surface area is 201 Å². The van der Waals surface area contributed by atoms with E-state index >= 15 is 0 Å².